The third-order valence-electron chi connectivity index (χ3n) is 4.11. The number of ether oxygens (including phenoxy) is 2. The standard InChI is InChI=1S/C13H17BrN2O4S/c1-19-10-3-9(14)12(4-11(10)20-2)21(17,18)16-13-7-5-15-6-8(7)13/h3-4,7-8,13,15-16H,5-6H2,1-2H3. The van der Waals surface area contributed by atoms with Crippen molar-refractivity contribution < 1.29 is 17.9 Å². The van der Waals surface area contributed by atoms with Crippen LogP contribution in [-0.2, 0) is 10.0 Å². The molecule has 1 aliphatic heterocycles. The van der Waals surface area contributed by atoms with Gasteiger partial charge in [-0.3, -0.25) is 0 Å². The Kier molecular flexibility index (Phi) is 3.89. The highest BCUT2D eigenvalue weighted by Crippen LogP contribution is 2.43. The quantitative estimate of drug-likeness (QED) is 0.800. The molecule has 6 nitrogen and oxygen atoms in total. The van der Waals surface area contributed by atoms with Gasteiger partial charge in [0.25, 0.3) is 0 Å². The van der Waals surface area contributed by atoms with Gasteiger partial charge in [-0.25, -0.2) is 13.1 Å². The molecule has 0 amide bonds. The van der Waals surface area contributed by atoms with Crippen molar-refractivity contribution in [3.63, 3.8) is 0 Å². The molecule has 8 heteroatoms. The number of piperidine rings is 1. The number of hydrogen-bond acceptors (Lipinski definition) is 5. The van der Waals surface area contributed by atoms with Gasteiger partial charge in [-0.15, -0.1) is 0 Å². The Labute approximate surface area is 132 Å². The van der Waals surface area contributed by atoms with E-state index in [1.165, 1.54) is 20.3 Å². The van der Waals surface area contributed by atoms with Crippen molar-refractivity contribution in [1.82, 2.24) is 10.0 Å². The molecule has 1 heterocycles. The van der Waals surface area contributed by atoms with Crippen LogP contribution in [0.15, 0.2) is 21.5 Å². The Morgan fingerprint density at radius 3 is 2.33 bits per heavy atom. The lowest BCUT2D eigenvalue weighted by Gasteiger charge is -2.14. The normalized spacial score (nSPS) is 27.3. The van der Waals surface area contributed by atoms with Crippen LogP contribution in [0, 0.1) is 11.8 Å². The summed E-state index contributed by atoms with van der Waals surface area (Å²) in [6, 6.07) is 3.11. The van der Waals surface area contributed by atoms with E-state index in [9.17, 15) is 8.42 Å². The number of halogens is 1. The third kappa shape index (κ3) is 2.65. The van der Waals surface area contributed by atoms with E-state index >= 15 is 0 Å². The van der Waals surface area contributed by atoms with Gasteiger partial charge in [-0.1, -0.05) is 0 Å². The van der Waals surface area contributed by atoms with E-state index < -0.39 is 10.0 Å². The van der Waals surface area contributed by atoms with Crippen LogP contribution >= 0.6 is 15.9 Å². The molecule has 2 atom stereocenters. The van der Waals surface area contributed by atoms with Crippen molar-refractivity contribution in [3.8, 4) is 11.5 Å². The number of benzene rings is 1. The highest BCUT2D eigenvalue weighted by Gasteiger charge is 2.54. The summed E-state index contributed by atoms with van der Waals surface area (Å²) < 4.78 is 38.7. The third-order valence-corrected chi connectivity index (χ3v) is 6.53. The van der Waals surface area contributed by atoms with Crippen molar-refractivity contribution in [3.05, 3.63) is 16.6 Å². The van der Waals surface area contributed by atoms with E-state index in [0.717, 1.165) is 13.1 Å². The van der Waals surface area contributed by atoms with Crippen LogP contribution in [0.3, 0.4) is 0 Å². The molecule has 0 spiro atoms. The predicted molar refractivity (Wildman–Crippen MR) is 81.2 cm³/mol. The molecule has 1 aliphatic carbocycles. The monoisotopic (exact) mass is 376 g/mol. The lowest BCUT2D eigenvalue weighted by atomic mass is 10.3. The van der Waals surface area contributed by atoms with Gasteiger partial charge < -0.3 is 14.8 Å². The smallest absolute Gasteiger partial charge is 0.242 e. The fourth-order valence-corrected chi connectivity index (χ4v) is 5.25. The van der Waals surface area contributed by atoms with Crippen LogP contribution in [-0.4, -0.2) is 41.8 Å². The summed E-state index contributed by atoms with van der Waals surface area (Å²) in [7, 11) is -0.600. The number of sulfonamides is 1. The molecule has 0 radical (unpaired) electrons. The Hall–Kier alpha value is -0.830. The second-order valence-corrected chi connectivity index (χ2v) is 7.81. The molecule has 0 bridgehead atoms. The molecular formula is C13H17BrN2O4S. The van der Waals surface area contributed by atoms with Crippen LogP contribution in [0.1, 0.15) is 0 Å². The summed E-state index contributed by atoms with van der Waals surface area (Å²) in [5, 5.41) is 3.24. The SMILES string of the molecule is COc1cc(Br)c(S(=O)(=O)NC2C3CNCC32)cc1OC. The summed E-state index contributed by atoms with van der Waals surface area (Å²) in [5.74, 6) is 1.70. The summed E-state index contributed by atoms with van der Waals surface area (Å²) >= 11 is 3.29. The van der Waals surface area contributed by atoms with Gasteiger partial charge in [-0.2, -0.15) is 0 Å². The van der Waals surface area contributed by atoms with Gasteiger partial charge in [-0.05, 0) is 46.9 Å². The van der Waals surface area contributed by atoms with Gasteiger partial charge >= 0.3 is 0 Å². The predicted octanol–water partition coefficient (Wildman–Crippen LogP) is 0.962. The maximum atomic E-state index is 12.5. The van der Waals surface area contributed by atoms with E-state index in [-0.39, 0.29) is 10.9 Å². The molecule has 3 rings (SSSR count). The number of fused-ring (bicyclic) bond motifs is 1. The first-order chi connectivity index (χ1) is 9.97. The highest BCUT2D eigenvalue weighted by molar-refractivity contribution is 9.10. The van der Waals surface area contributed by atoms with E-state index in [0.29, 0.717) is 27.8 Å². The van der Waals surface area contributed by atoms with E-state index in [2.05, 4.69) is 26.0 Å². The maximum Gasteiger partial charge on any atom is 0.242 e. The van der Waals surface area contributed by atoms with Gasteiger partial charge in [0.1, 0.15) is 4.90 Å². The summed E-state index contributed by atoms with van der Waals surface area (Å²) in [4.78, 5) is 0.165. The topological polar surface area (TPSA) is 76.7 Å². The van der Waals surface area contributed by atoms with Crippen LogP contribution in [0.25, 0.3) is 0 Å². The second kappa shape index (κ2) is 5.42. The van der Waals surface area contributed by atoms with E-state index in [4.69, 9.17) is 9.47 Å². The average molecular weight is 377 g/mol. The zero-order chi connectivity index (χ0) is 15.2. The first-order valence-electron chi connectivity index (χ1n) is 6.62. The summed E-state index contributed by atoms with van der Waals surface area (Å²) in [6.07, 6.45) is 0. The van der Waals surface area contributed by atoms with E-state index in [1.807, 2.05) is 0 Å². The highest BCUT2D eigenvalue weighted by atomic mass is 79.9. The largest absolute Gasteiger partial charge is 0.493 e. The fourth-order valence-electron chi connectivity index (χ4n) is 2.88. The minimum atomic E-state index is -3.59. The van der Waals surface area contributed by atoms with Crippen LogP contribution in [0.5, 0.6) is 11.5 Å². The van der Waals surface area contributed by atoms with Gasteiger partial charge in [0.05, 0.1) is 14.2 Å². The Bertz CT molecular complexity index is 654. The molecular weight excluding hydrogens is 360 g/mol. The second-order valence-electron chi connectivity index (χ2n) is 5.27. The minimum Gasteiger partial charge on any atom is -0.493 e. The first kappa shape index (κ1) is 15.1. The average Bonchev–Trinajstić information content (AvgIpc) is 2.89. The Balaban J connectivity index is 1.88. The zero-order valence-corrected chi connectivity index (χ0v) is 14.1. The lowest BCUT2D eigenvalue weighted by molar-refractivity contribution is 0.353. The number of hydrogen-bond donors (Lipinski definition) is 2. The zero-order valence-electron chi connectivity index (χ0n) is 11.7. The first-order valence-corrected chi connectivity index (χ1v) is 8.90. The van der Waals surface area contributed by atoms with Crippen LogP contribution < -0.4 is 19.5 Å². The van der Waals surface area contributed by atoms with Crippen molar-refractivity contribution >= 4 is 26.0 Å². The summed E-state index contributed by atoms with van der Waals surface area (Å²) in [5.41, 5.74) is 0. The van der Waals surface area contributed by atoms with Crippen molar-refractivity contribution in [2.24, 2.45) is 11.8 Å². The number of methoxy groups -OCH3 is 2. The molecule has 0 aromatic heterocycles. The van der Waals surface area contributed by atoms with Crippen molar-refractivity contribution in [2.45, 2.75) is 10.9 Å². The van der Waals surface area contributed by atoms with Gasteiger partial charge in [0.15, 0.2) is 11.5 Å². The molecule has 2 aliphatic rings. The lowest BCUT2D eigenvalue weighted by Crippen LogP contribution is -2.32. The fraction of sp³-hybridized carbons (Fsp3) is 0.538. The van der Waals surface area contributed by atoms with Crippen molar-refractivity contribution in [1.29, 1.82) is 0 Å². The molecule has 1 saturated carbocycles. The Morgan fingerprint density at radius 2 is 1.76 bits per heavy atom. The molecule has 2 N–H and O–H groups in total. The Morgan fingerprint density at radius 1 is 1.19 bits per heavy atom. The number of nitrogens with one attached hydrogen (secondary N) is 2. The molecule has 21 heavy (non-hydrogen) atoms. The van der Waals surface area contributed by atoms with E-state index in [1.54, 1.807) is 6.07 Å². The van der Waals surface area contributed by atoms with Crippen LogP contribution in [0.2, 0.25) is 0 Å². The molecule has 1 saturated heterocycles. The summed E-state index contributed by atoms with van der Waals surface area (Å²) in [6.45, 7) is 1.76. The molecule has 2 fully saturated rings. The van der Waals surface area contributed by atoms with Crippen LogP contribution in [0.4, 0.5) is 0 Å². The molecule has 1 aromatic carbocycles. The van der Waals surface area contributed by atoms with Crippen molar-refractivity contribution in [2.75, 3.05) is 27.3 Å². The number of rotatable bonds is 5. The maximum absolute atomic E-state index is 12.5. The minimum absolute atomic E-state index is 0.0382. The van der Waals surface area contributed by atoms with Gasteiger partial charge in [0.2, 0.25) is 10.0 Å². The molecule has 1 aromatic rings. The molecule has 2 unspecified atom stereocenters. The molecule has 116 valence electrons. The van der Waals surface area contributed by atoms with Gasteiger partial charge in [0, 0.05) is 16.6 Å².